The number of carbonyl (C=O) groups excluding carboxylic acids is 1. The van der Waals surface area contributed by atoms with Gasteiger partial charge in [-0.2, -0.15) is 0 Å². The quantitative estimate of drug-likeness (QED) is 0.721. The van der Waals surface area contributed by atoms with E-state index in [0.717, 1.165) is 67.8 Å². The molecule has 31 heavy (non-hydrogen) atoms. The van der Waals surface area contributed by atoms with Crippen LogP contribution >= 0.6 is 0 Å². The van der Waals surface area contributed by atoms with Gasteiger partial charge < -0.3 is 29.3 Å². The van der Waals surface area contributed by atoms with E-state index >= 15 is 0 Å². The third-order valence-corrected chi connectivity index (χ3v) is 5.49. The van der Waals surface area contributed by atoms with Crippen LogP contribution in [0.1, 0.15) is 5.56 Å². The molecule has 1 amide bonds. The molecule has 0 unspecified atom stereocenters. The summed E-state index contributed by atoms with van der Waals surface area (Å²) in [5.74, 6) is 0.590. The fraction of sp³-hybridized carbons (Fsp3) is 0.375. The molecule has 164 valence electrons. The van der Waals surface area contributed by atoms with Crippen LogP contribution in [-0.4, -0.2) is 65.6 Å². The number of hydrogen-bond donors (Lipinski definition) is 1. The van der Waals surface area contributed by atoms with Gasteiger partial charge in [-0.1, -0.05) is 12.1 Å². The molecule has 2 aromatic rings. The minimum Gasteiger partial charge on any atom is -0.497 e. The van der Waals surface area contributed by atoms with Crippen LogP contribution in [0.3, 0.4) is 0 Å². The Labute approximate surface area is 183 Å². The number of nitrogens with one attached hydrogen (secondary N) is 1. The molecule has 2 fully saturated rings. The number of benzene rings is 2. The lowest BCUT2D eigenvalue weighted by molar-refractivity contribution is -0.111. The zero-order valence-corrected chi connectivity index (χ0v) is 17.9. The van der Waals surface area contributed by atoms with Crippen LogP contribution in [0.15, 0.2) is 48.5 Å². The number of carbonyl (C=O) groups is 1. The summed E-state index contributed by atoms with van der Waals surface area (Å²) < 4.78 is 16.2. The maximum Gasteiger partial charge on any atom is 0.248 e. The highest BCUT2D eigenvalue weighted by Gasteiger charge is 2.19. The van der Waals surface area contributed by atoms with Crippen molar-refractivity contribution in [3.63, 3.8) is 0 Å². The number of anilines is 3. The third kappa shape index (κ3) is 5.57. The van der Waals surface area contributed by atoms with E-state index in [4.69, 9.17) is 14.2 Å². The summed E-state index contributed by atoms with van der Waals surface area (Å²) >= 11 is 0. The van der Waals surface area contributed by atoms with Crippen molar-refractivity contribution in [2.24, 2.45) is 0 Å². The molecule has 0 atom stereocenters. The highest BCUT2D eigenvalue weighted by atomic mass is 16.5. The van der Waals surface area contributed by atoms with Crippen molar-refractivity contribution < 1.29 is 19.0 Å². The van der Waals surface area contributed by atoms with Crippen molar-refractivity contribution in [1.29, 1.82) is 0 Å². The second-order valence-electron chi connectivity index (χ2n) is 7.50. The molecule has 7 nitrogen and oxygen atoms in total. The van der Waals surface area contributed by atoms with E-state index in [9.17, 15) is 4.79 Å². The molecule has 2 aliphatic heterocycles. The van der Waals surface area contributed by atoms with Gasteiger partial charge in [0.05, 0.1) is 44.9 Å². The molecule has 0 bridgehead atoms. The van der Waals surface area contributed by atoms with E-state index in [1.54, 1.807) is 19.3 Å². The average molecular weight is 424 g/mol. The topological polar surface area (TPSA) is 63.3 Å². The monoisotopic (exact) mass is 423 g/mol. The highest BCUT2D eigenvalue weighted by molar-refractivity contribution is 6.04. The number of amides is 1. The summed E-state index contributed by atoms with van der Waals surface area (Å²) in [6.07, 6.45) is 3.34. The van der Waals surface area contributed by atoms with Gasteiger partial charge in [-0.3, -0.25) is 4.79 Å². The molecule has 2 aromatic carbocycles. The van der Waals surface area contributed by atoms with E-state index in [1.165, 1.54) is 0 Å². The number of hydrogen-bond acceptors (Lipinski definition) is 6. The van der Waals surface area contributed by atoms with Gasteiger partial charge in [0.25, 0.3) is 0 Å². The molecule has 2 saturated heterocycles. The molecule has 1 N–H and O–H groups in total. The second-order valence-corrected chi connectivity index (χ2v) is 7.50. The zero-order chi connectivity index (χ0) is 21.5. The Kier molecular flexibility index (Phi) is 7.07. The van der Waals surface area contributed by atoms with Gasteiger partial charge in [0.15, 0.2) is 0 Å². The van der Waals surface area contributed by atoms with Crippen LogP contribution in [0.25, 0.3) is 6.08 Å². The first kappa shape index (κ1) is 21.2. The molecule has 2 heterocycles. The molecular weight excluding hydrogens is 394 g/mol. The van der Waals surface area contributed by atoms with Crippen LogP contribution in [0.5, 0.6) is 5.75 Å². The predicted molar refractivity (Wildman–Crippen MR) is 123 cm³/mol. The Bertz CT molecular complexity index is 919. The van der Waals surface area contributed by atoms with Crippen LogP contribution in [0.4, 0.5) is 17.1 Å². The number of morpholine rings is 2. The van der Waals surface area contributed by atoms with Gasteiger partial charge in [-0.25, -0.2) is 0 Å². The first-order valence-corrected chi connectivity index (χ1v) is 10.7. The number of nitrogens with zero attached hydrogens (tertiary/aromatic N) is 2. The lowest BCUT2D eigenvalue weighted by atomic mass is 10.1. The third-order valence-electron chi connectivity index (χ3n) is 5.49. The Morgan fingerprint density at radius 3 is 2.39 bits per heavy atom. The van der Waals surface area contributed by atoms with Gasteiger partial charge in [-0.15, -0.1) is 0 Å². The predicted octanol–water partition coefficient (Wildman–Crippen LogP) is 3.02. The Balaban J connectivity index is 1.52. The van der Waals surface area contributed by atoms with Gasteiger partial charge in [0.2, 0.25) is 5.91 Å². The molecule has 2 aliphatic rings. The summed E-state index contributed by atoms with van der Waals surface area (Å²) in [4.78, 5) is 17.3. The van der Waals surface area contributed by atoms with Crippen LogP contribution in [-0.2, 0) is 14.3 Å². The molecule has 0 saturated carbocycles. The van der Waals surface area contributed by atoms with E-state index in [-0.39, 0.29) is 5.91 Å². The maximum absolute atomic E-state index is 12.7. The Morgan fingerprint density at radius 1 is 0.968 bits per heavy atom. The van der Waals surface area contributed by atoms with Gasteiger partial charge >= 0.3 is 0 Å². The summed E-state index contributed by atoms with van der Waals surface area (Å²) in [6.45, 7) is 6.19. The fourth-order valence-corrected chi connectivity index (χ4v) is 3.80. The van der Waals surface area contributed by atoms with Gasteiger partial charge in [-0.05, 0) is 42.0 Å². The molecule has 0 radical (unpaired) electrons. The summed E-state index contributed by atoms with van der Waals surface area (Å²) in [7, 11) is 1.63. The smallest absolute Gasteiger partial charge is 0.248 e. The average Bonchev–Trinajstić information content (AvgIpc) is 2.84. The Morgan fingerprint density at radius 2 is 1.68 bits per heavy atom. The fourth-order valence-electron chi connectivity index (χ4n) is 3.80. The minimum absolute atomic E-state index is 0.170. The van der Waals surface area contributed by atoms with Crippen LogP contribution in [0.2, 0.25) is 0 Å². The lowest BCUT2D eigenvalue weighted by Gasteiger charge is -2.33. The standard InChI is InChI=1S/C24H29N3O4/c1-29-21-4-2-3-19(17-21)5-8-24(28)25-22-7-6-20(26-9-13-30-14-10-26)18-23(22)27-11-15-31-16-12-27/h2-8,17-18H,9-16H2,1H3,(H,25,28)/b8-5+. The molecule has 0 spiro atoms. The molecular formula is C24H29N3O4. The number of ether oxygens (including phenoxy) is 3. The minimum atomic E-state index is -0.170. The van der Waals surface area contributed by atoms with Crippen molar-refractivity contribution >= 4 is 29.0 Å². The summed E-state index contributed by atoms with van der Waals surface area (Å²) in [5.41, 5.74) is 3.88. The second kappa shape index (κ2) is 10.3. The van der Waals surface area contributed by atoms with Crippen molar-refractivity contribution in [3.8, 4) is 5.75 Å². The number of rotatable bonds is 6. The first-order chi connectivity index (χ1) is 15.2. The first-order valence-electron chi connectivity index (χ1n) is 10.7. The Hall–Kier alpha value is -3.03. The normalized spacial score (nSPS) is 17.1. The van der Waals surface area contributed by atoms with Crippen molar-refractivity contribution in [2.75, 3.05) is 74.8 Å². The zero-order valence-electron chi connectivity index (χ0n) is 17.9. The van der Waals surface area contributed by atoms with Crippen LogP contribution < -0.4 is 19.9 Å². The van der Waals surface area contributed by atoms with E-state index < -0.39 is 0 Å². The van der Waals surface area contributed by atoms with Crippen molar-refractivity contribution in [3.05, 3.63) is 54.1 Å². The van der Waals surface area contributed by atoms with Gasteiger partial charge in [0, 0.05) is 37.9 Å². The maximum atomic E-state index is 12.7. The molecule has 0 aromatic heterocycles. The largest absolute Gasteiger partial charge is 0.497 e. The van der Waals surface area contributed by atoms with Crippen molar-refractivity contribution in [2.45, 2.75) is 0 Å². The lowest BCUT2D eigenvalue weighted by Crippen LogP contribution is -2.38. The summed E-state index contributed by atoms with van der Waals surface area (Å²) in [6, 6.07) is 13.8. The van der Waals surface area contributed by atoms with E-state index in [0.29, 0.717) is 13.2 Å². The van der Waals surface area contributed by atoms with Crippen molar-refractivity contribution in [1.82, 2.24) is 0 Å². The molecule has 4 rings (SSSR count). The summed E-state index contributed by atoms with van der Waals surface area (Å²) in [5, 5.41) is 3.05. The van der Waals surface area contributed by atoms with E-state index in [1.807, 2.05) is 30.3 Å². The highest BCUT2D eigenvalue weighted by Crippen LogP contribution is 2.32. The van der Waals surface area contributed by atoms with Gasteiger partial charge in [0.1, 0.15) is 5.75 Å². The number of methoxy groups -OCH3 is 1. The SMILES string of the molecule is COc1cccc(/C=C/C(=O)Nc2ccc(N3CCOCC3)cc2N2CCOCC2)c1. The molecule has 0 aliphatic carbocycles. The molecule has 7 heteroatoms. The van der Waals surface area contributed by atoms with Crippen LogP contribution in [0, 0.1) is 0 Å². The van der Waals surface area contributed by atoms with E-state index in [2.05, 4.69) is 27.2 Å².